The van der Waals surface area contributed by atoms with Crippen LogP contribution in [-0.4, -0.2) is 6.73 Å². The monoisotopic (exact) mass is 398 g/mol. The lowest BCUT2D eigenvalue weighted by Gasteiger charge is -2.28. The summed E-state index contributed by atoms with van der Waals surface area (Å²) in [7, 11) is 0. The summed E-state index contributed by atoms with van der Waals surface area (Å²) in [6.45, 7) is 6.45. The molecule has 150 valence electrons. The van der Waals surface area contributed by atoms with Crippen molar-refractivity contribution in [1.82, 2.24) is 0 Å². The lowest BCUT2D eigenvalue weighted by molar-refractivity contribution is -0.945. The molecule has 0 spiro atoms. The number of rotatable bonds is 3. The van der Waals surface area contributed by atoms with Gasteiger partial charge in [0, 0.05) is 28.1 Å². The van der Waals surface area contributed by atoms with Gasteiger partial charge in [0.25, 0.3) is 0 Å². The van der Waals surface area contributed by atoms with Crippen molar-refractivity contribution in [3.05, 3.63) is 99.4 Å². The van der Waals surface area contributed by atoms with E-state index in [9.17, 15) is 4.79 Å². The molecule has 3 aromatic carbocycles. The summed E-state index contributed by atoms with van der Waals surface area (Å²) in [6, 6.07) is 22.4. The zero-order chi connectivity index (χ0) is 20.7. The van der Waals surface area contributed by atoms with Crippen molar-refractivity contribution in [1.29, 1.82) is 0 Å². The summed E-state index contributed by atoms with van der Waals surface area (Å²) in [5, 5.41) is 0.956. The van der Waals surface area contributed by atoms with E-state index in [4.69, 9.17) is 9.15 Å². The molecule has 5 rings (SSSR count). The Kier molecular flexibility index (Phi) is 4.64. The standard InChI is InChI=1S/C26H23NO3/c1-17-8-10-19(11-9-17)14-27-15-21-12-23-22(20-6-4-3-5-7-20)13-24(28)30-26(23)18(2)25(21)29-16-27/h3-13H,14-16H2,1-2H3/p+1. The van der Waals surface area contributed by atoms with Crippen LogP contribution in [0, 0.1) is 13.8 Å². The summed E-state index contributed by atoms with van der Waals surface area (Å²) >= 11 is 0. The molecule has 4 heteroatoms. The SMILES string of the molecule is Cc1ccc(C[NH+]2COc3c(cc4c(-c5ccccc5)cc(=O)oc4c3C)C2)cc1. The topological polar surface area (TPSA) is 43.9 Å². The molecule has 1 aliphatic rings. The number of aryl methyl sites for hydroxylation is 2. The molecule has 1 atom stereocenters. The molecular formula is C26H24NO3+. The van der Waals surface area contributed by atoms with Gasteiger partial charge in [-0.3, -0.25) is 4.90 Å². The Morgan fingerprint density at radius 1 is 0.967 bits per heavy atom. The van der Waals surface area contributed by atoms with E-state index in [1.54, 1.807) is 6.07 Å². The largest absolute Gasteiger partial charge is 0.444 e. The minimum atomic E-state index is -0.341. The Bertz CT molecular complexity index is 1270. The molecule has 1 N–H and O–H groups in total. The van der Waals surface area contributed by atoms with Crippen molar-refractivity contribution in [2.24, 2.45) is 0 Å². The van der Waals surface area contributed by atoms with Crippen LogP contribution in [0.5, 0.6) is 5.75 Å². The number of hydrogen-bond donors (Lipinski definition) is 1. The maximum atomic E-state index is 12.3. The minimum Gasteiger partial charge on any atom is -0.444 e. The Labute approximate surface area is 175 Å². The van der Waals surface area contributed by atoms with E-state index in [0.717, 1.165) is 46.5 Å². The first-order valence-corrected chi connectivity index (χ1v) is 10.3. The number of ether oxygens (including phenoxy) is 1. The van der Waals surface area contributed by atoms with E-state index in [0.29, 0.717) is 12.3 Å². The van der Waals surface area contributed by atoms with Crippen molar-refractivity contribution in [2.75, 3.05) is 6.73 Å². The zero-order valence-corrected chi connectivity index (χ0v) is 17.2. The molecule has 1 unspecified atom stereocenters. The molecule has 30 heavy (non-hydrogen) atoms. The first-order chi connectivity index (χ1) is 14.6. The highest BCUT2D eigenvalue weighted by atomic mass is 16.5. The van der Waals surface area contributed by atoms with E-state index >= 15 is 0 Å². The summed E-state index contributed by atoms with van der Waals surface area (Å²) < 4.78 is 11.8. The van der Waals surface area contributed by atoms with Crippen molar-refractivity contribution >= 4 is 11.0 Å². The fraction of sp³-hybridized carbons (Fsp3) is 0.192. The molecule has 0 bridgehead atoms. The zero-order valence-electron chi connectivity index (χ0n) is 17.2. The molecule has 0 aliphatic carbocycles. The van der Waals surface area contributed by atoms with Crippen LogP contribution in [-0.2, 0) is 13.1 Å². The second kappa shape index (κ2) is 7.47. The average molecular weight is 398 g/mol. The van der Waals surface area contributed by atoms with E-state index in [-0.39, 0.29) is 5.63 Å². The van der Waals surface area contributed by atoms with E-state index in [2.05, 4.69) is 37.3 Å². The first-order valence-electron chi connectivity index (χ1n) is 10.3. The third kappa shape index (κ3) is 3.40. The van der Waals surface area contributed by atoms with E-state index in [1.807, 2.05) is 37.3 Å². The van der Waals surface area contributed by atoms with Crippen LogP contribution in [0.15, 0.2) is 75.9 Å². The Morgan fingerprint density at radius 2 is 1.73 bits per heavy atom. The van der Waals surface area contributed by atoms with E-state index < -0.39 is 0 Å². The highest BCUT2D eigenvalue weighted by Crippen LogP contribution is 2.36. The van der Waals surface area contributed by atoms with Gasteiger partial charge >= 0.3 is 5.63 Å². The van der Waals surface area contributed by atoms with Gasteiger partial charge in [-0.15, -0.1) is 0 Å². The number of hydrogen-bond acceptors (Lipinski definition) is 3. The number of benzene rings is 3. The Balaban J connectivity index is 1.57. The molecule has 4 nitrogen and oxygen atoms in total. The number of quaternary nitrogens is 1. The smallest absolute Gasteiger partial charge is 0.336 e. The molecule has 1 aliphatic heterocycles. The summed E-state index contributed by atoms with van der Waals surface area (Å²) in [4.78, 5) is 13.6. The first kappa shape index (κ1) is 18.6. The van der Waals surface area contributed by atoms with Gasteiger partial charge in [-0.1, -0.05) is 60.2 Å². The van der Waals surface area contributed by atoms with Crippen LogP contribution in [0.25, 0.3) is 22.1 Å². The average Bonchev–Trinajstić information content (AvgIpc) is 2.76. The van der Waals surface area contributed by atoms with Gasteiger partial charge < -0.3 is 9.15 Å². The highest BCUT2D eigenvalue weighted by molar-refractivity contribution is 5.96. The van der Waals surface area contributed by atoms with Gasteiger partial charge in [0.2, 0.25) is 6.73 Å². The molecule has 4 aromatic rings. The van der Waals surface area contributed by atoms with Crippen molar-refractivity contribution in [2.45, 2.75) is 26.9 Å². The maximum absolute atomic E-state index is 12.3. The minimum absolute atomic E-state index is 0.341. The van der Waals surface area contributed by atoms with Gasteiger partial charge in [0.1, 0.15) is 24.4 Å². The summed E-state index contributed by atoms with van der Waals surface area (Å²) in [6.07, 6.45) is 0. The maximum Gasteiger partial charge on any atom is 0.336 e. The second-order valence-corrected chi connectivity index (χ2v) is 8.09. The molecule has 0 amide bonds. The van der Waals surface area contributed by atoms with Gasteiger partial charge in [-0.05, 0) is 31.0 Å². The van der Waals surface area contributed by atoms with Gasteiger partial charge in [0.05, 0.1) is 0 Å². The highest BCUT2D eigenvalue weighted by Gasteiger charge is 2.25. The molecule has 0 saturated heterocycles. The third-order valence-electron chi connectivity index (χ3n) is 5.81. The van der Waals surface area contributed by atoms with Crippen LogP contribution < -0.4 is 15.3 Å². The van der Waals surface area contributed by atoms with Crippen molar-refractivity contribution in [3.63, 3.8) is 0 Å². The van der Waals surface area contributed by atoms with Gasteiger partial charge in [0.15, 0.2) is 0 Å². The summed E-state index contributed by atoms with van der Waals surface area (Å²) in [5.74, 6) is 0.850. The Morgan fingerprint density at radius 3 is 2.50 bits per heavy atom. The predicted octanol–water partition coefficient (Wildman–Crippen LogP) is 4.01. The normalized spacial score (nSPS) is 15.6. The number of nitrogens with one attached hydrogen (secondary N) is 1. The van der Waals surface area contributed by atoms with Gasteiger partial charge in [-0.2, -0.15) is 0 Å². The molecule has 0 radical (unpaired) electrons. The van der Waals surface area contributed by atoms with Crippen LogP contribution in [0.2, 0.25) is 0 Å². The lowest BCUT2D eigenvalue weighted by Crippen LogP contribution is -3.10. The van der Waals surface area contributed by atoms with Crippen LogP contribution in [0.3, 0.4) is 0 Å². The number of fused-ring (bicyclic) bond motifs is 2. The molecular weight excluding hydrogens is 374 g/mol. The van der Waals surface area contributed by atoms with Crippen molar-refractivity contribution < 1.29 is 14.1 Å². The Hall–Kier alpha value is -3.37. The van der Waals surface area contributed by atoms with Crippen LogP contribution in [0.1, 0.15) is 22.3 Å². The quantitative estimate of drug-likeness (QED) is 0.530. The van der Waals surface area contributed by atoms with Crippen LogP contribution >= 0.6 is 0 Å². The van der Waals surface area contributed by atoms with Gasteiger partial charge in [-0.25, -0.2) is 4.79 Å². The molecule has 0 saturated carbocycles. The summed E-state index contributed by atoms with van der Waals surface area (Å²) in [5.41, 5.74) is 6.80. The predicted molar refractivity (Wildman–Crippen MR) is 118 cm³/mol. The van der Waals surface area contributed by atoms with Crippen LogP contribution in [0.4, 0.5) is 0 Å². The second-order valence-electron chi connectivity index (χ2n) is 8.09. The van der Waals surface area contributed by atoms with E-state index in [1.165, 1.54) is 16.0 Å². The fourth-order valence-corrected chi connectivity index (χ4v) is 4.30. The molecule has 0 fully saturated rings. The van der Waals surface area contributed by atoms with Crippen molar-refractivity contribution in [3.8, 4) is 16.9 Å². The molecule has 1 aromatic heterocycles. The third-order valence-corrected chi connectivity index (χ3v) is 5.81. The fourth-order valence-electron chi connectivity index (χ4n) is 4.30. The lowest BCUT2D eigenvalue weighted by atomic mass is 9.97. The molecule has 2 heterocycles.